The summed E-state index contributed by atoms with van der Waals surface area (Å²) in [6, 6.07) is 11.5. The molecule has 2 aromatic rings. The normalized spacial score (nSPS) is 11.7. The standard InChI is InChI=1S/C15H17ClO2S/c16-13-4-1-3-12(9-13)15(10-17,11-18)7-6-14-5-2-8-19-14/h1-5,8-9,17-18H,6-7,10-11H2. The average molecular weight is 297 g/mol. The number of halogens is 1. The minimum atomic E-state index is -0.630. The summed E-state index contributed by atoms with van der Waals surface area (Å²) in [5, 5.41) is 22.2. The first kappa shape index (κ1) is 14.5. The van der Waals surface area contributed by atoms with Gasteiger partial charge in [0.2, 0.25) is 0 Å². The van der Waals surface area contributed by atoms with Gasteiger partial charge >= 0.3 is 0 Å². The van der Waals surface area contributed by atoms with Crippen LogP contribution in [0.1, 0.15) is 16.9 Å². The summed E-state index contributed by atoms with van der Waals surface area (Å²) >= 11 is 7.70. The molecule has 0 aliphatic heterocycles. The van der Waals surface area contributed by atoms with Gasteiger partial charge in [0.25, 0.3) is 0 Å². The summed E-state index contributed by atoms with van der Waals surface area (Å²) < 4.78 is 0. The molecule has 0 saturated carbocycles. The first-order valence-corrected chi connectivity index (χ1v) is 7.46. The molecule has 1 aromatic heterocycles. The minimum absolute atomic E-state index is 0.0881. The van der Waals surface area contributed by atoms with Crippen molar-refractivity contribution in [1.29, 1.82) is 0 Å². The van der Waals surface area contributed by atoms with Gasteiger partial charge in [-0.2, -0.15) is 0 Å². The van der Waals surface area contributed by atoms with Crippen LogP contribution in [0.2, 0.25) is 5.02 Å². The molecule has 2 N–H and O–H groups in total. The highest BCUT2D eigenvalue weighted by molar-refractivity contribution is 7.09. The molecule has 19 heavy (non-hydrogen) atoms. The SMILES string of the molecule is OCC(CO)(CCc1cccs1)c1cccc(Cl)c1. The number of thiophene rings is 1. The Morgan fingerprint density at radius 2 is 1.89 bits per heavy atom. The fraction of sp³-hybridized carbons (Fsp3) is 0.333. The quantitative estimate of drug-likeness (QED) is 0.859. The van der Waals surface area contributed by atoms with E-state index in [1.807, 2.05) is 29.6 Å². The molecule has 0 saturated heterocycles. The maximum absolute atomic E-state index is 9.75. The number of aliphatic hydroxyl groups excluding tert-OH is 2. The third-order valence-corrected chi connectivity index (χ3v) is 4.64. The highest BCUT2D eigenvalue weighted by atomic mass is 35.5. The van der Waals surface area contributed by atoms with Gasteiger partial charge in [0.15, 0.2) is 0 Å². The molecule has 1 heterocycles. The number of hydrogen-bond acceptors (Lipinski definition) is 3. The highest BCUT2D eigenvalue weighted by Gasteiger charge is 2.31. The Morgan fingerprint density at radius 3 is 2.47 bits per heavy atom. The lowest BCUT2D eigenvalue weighted by atomic mass is 9.78. The van der Waals surface area contributed by atoms with E-state index in [4.69, 9.17) is 11.6 Å². The lowest BCUT2D eigenvalue weighted by molar-refractivity contribution is 0.110. The second kappa shape index (κ2) is 6.53. The van der Waals surface area contributed by atoms with Crippen molar-refractivity contribution in [3.05, 3.63) is 57.2 Å². The van der Waals surface area contributed by atoms with E-state index in [1.165, 1.54) is 4.88 Å². The Hall–Kier alpha value is -0.870. The molecule has 2 rings (SSSR count). The van der Waals surface area contributed by atoms with Gasteiger partial charge in [-0.3, -0.25) is 0 Å². The van der Waals surface area contributed by atoms with Gasteiger partial charge in [-0.05, 0) is 42.0 Å². The molecular formula is C15H17ClO2S. The molecule has 0 amide bonds. The molecule has 4 heteroatoms. The monoisotopic (exact) mass is 296 g/mol. The molecule has 2 nitrogen and oxygen atoms in total. The van der Waals surface area contributed by atoms with Gasteiger partial charge in [-0.1, -0.05) is 29.8 Å². The summed E-state index contributed by atoms with van der Waals surface area (Å²) in [7, 11) is 0. The van der Waals surface area contributed by atoms with Crippen LogP contribution < -0.4 is 0 Å². The number of benzene rings is 1. The zero-order valence-electron chi connectivity index (χ0n) is 10.6. The van der Waals surface area contributed by atoms with Crippen molar-refractivity contribution in [1.82, 2.24) is 0 Å². The van der Waals surface area contributed by atoms with Crippen LogP contribution in [-0.2, 0) is 11.8 Å². The summed E-state index contributed by atoms with van der Waals surface area (Å²) in [5.74, 6) is 0. The number of hydrogen-bond donors (Lipinski definition) is 2. The molecular weight excluding hydrogens is 280 g/mol. The fourth-order valence-corrected chi connectivity index (χ4v) is 3.07. The summed E-state index contributed by atoms with van der Waals surface area (Å²) in [6.07, 6.45) is 1.53. The van der Waals surface area contributed by atoms with Crippen molar-refractivity contribution < 1.29 is 10.2 Å². The maximum Gasteiger partial charge on any atom is 0.0550 e. The number of aryl methyl sites for hydroxylation is 1. The predicted octanol–water partition coefficient (Wildman–Crippen LogP) is 3.26. The topological polar surface area (TPSA) is 40.5 Å². The lowest BCUT2D eigenvalue weighted by Gasteiger charge is -2.30. The van der Waals surface area contributed by atoms with Crippen LogP contribution in [0, 0.1) is 0 Å². The van der Waals surface area contributed by atoms with Crippen molar-refractivity contribution in [2.75, 3.05) is 13.2 Å². The van der Waals surface area contributed by atoms with E-state index in [-0.39, 0.29) is 13.2 Å². The molecule has 0 atom stereocenters. The van der Waals surface area contributed by atoms with Crippen LogP contribution >= 0.6 is 22.9 Å². The zero-order valence-corrected chi connectivity index (χ0v) is 12.1. The average Bonchev–Trinajstić information content (AvgIpc) is 2.94. The van der Waals surface area contributed by atoms with E-state index in [2.05, 4.69) is 6.07 Å². The predicted molar refractivity (Wildman–Crippen MR) is 79.9 cm³/mol. The molecule has 0 spiro atoms. The second-order valence-corrected chi connectivity index (χ2v) is 6.15. The van der Waals surface area contributed by atoms with Crippen LogP contribution in [0.3, 0.4) is 0 Å². The van der Waals surface area contributed by atoms with Crippen LogP contribution in [0.4, 0.5) is 0 Å². The summed E-state index contributed by atoms with van der Waals surface area (Å²) in [6.45, 7) is -0.176. The van der Waals surface area contributed by atoms with Gasteiger partial charge < -0.3 is 10.2 Å². The van der Waals surface area contributed by atoms with Gasteiger partial charge in [0.05, 0.1) is 13.2 Å². The number of aliphatic hydroxyl groups is 2. The second-order valence-electron chi connectivity index (χ2n) is 4.69. The van der Waals surface area contributed by atoms with Crippen molar-refractivity contribution in [2.45, 2.75) is 18.3 Å². The van der Waals surface area contributed by atoms with Gasteiger partial charge in [-0.15, -0.1) is 11.3 Å². The zero-order chi connectivity index (χ0) is 13.7. The third kappa shape index (κ3) is 3.37. The lowest BCUT2D eigenvalue weighted by Crippen LogP contribution is -2.35. The summed E-state index contributed by atoms with van der Waals surface area (Å²) in [4.78, 5) is 1.26. The van der Waals surface area contributed by atoms with Crippen LogP contribution in [0.25, 0.3) is 0 Å². The Morgan fingerprint density at radius 1 is 1.11 bits per heavy atom. The molecule has 0 bridgehead atoms. The van der Waals surface area contributed by atoms with E-state index in [1.54, 1.807) is 17.4 Å². The summed E-state index contributed by atoms with van der Waals surface area (Å²) in [5.41, 5.74) is 0.260. The van der Waals surface area contributed by atoms with Crippen LogP contribution in [-0.4, -0.2) is 23.4 Å². The molecule has 0 radical (unpaired) electrons. The highest BCUT2D eigenvalue weighted by Crippen LogP contribution is 2.31. The smallest absolute Gasteiger partial charge is 0.0550 e. The molecule has 0 fully saturated rings. The molecule has 0 aliphatic rings. The van der Waals surface area contributed by atoms with E-state index < -0.39 is 5.41 Å². The van der Waals surface area contributed by atoms with Crippen molar-refractivity contribution in [3.63, 3.8) is 0 Å². The van der Waals surface area contributed by atoms with E-state index in [9.17, 15) is 10.2 Å². The van der Waals surface area contributed by atoms with Gasteiger partial charge in [0, 0.05) is 15.3 Å². The first-order chi connectivity index (χ1) is 9.20. The van der Waals surface area contributed by atoms with E-state index in [0.29, 0.717) is 11.4 Å². The van der Waals surface area contributed by atoms with Crippen molar-refractivity contribution in [2.24, 2.45) is 0 Å². The van der Waals surface area contributed by atoms with Crippen molar-refractivity contribution >= 4 is 22.9 Å². The van der Waals surface area contributed by atoms with E-state index in [0.717, 1.165) is 12.0 Å². The third-order valence-electron chi connectivity index (χ3n) is 3.47. The Kier molecular flexibility index (Phi) is 4.99. The van der Waals surface area contributed by atoms with Crippen molar-refractivity contribution in [3.8, 4) is 0 Å². The largest absolute Gasteiger partial charge is 0.395 e. The fourth-order valence-electron chi connectivity index (χ4n) is 2.17. The maximum atomic E-state index is 9.75. The number of rotatable bonds is 6. The van der Waals surface area contributed by atoms with Crippen LogP contribution in [0.5, 0.6) is 0 Å². The molecule has 1 aromatic carbocycles. The minimum Gasteiger partial charge on any atom is -0.395 e. The van der Waals surface area contributed by atoms with Crippen LogP contribution in [0.15, 0.2) is 41.8 Å². The van der Waals surface area contributed by atoms with Gasteiger partial charge in [0.1, 0.15) is 0 Å². The van der Waals surface area contributed by atoms with E-state index >= 15 is 0 Å². The van der Waals surface area contributed by atoms with Gasteiger partial charge in [-0.25, -0.2) is 0 Å². The Balaban J connectivity index is 2.21. The molecule has 102 valence electrons. The first-order valence-electron chi connectivity index (χ1n) is 6.20. The molecule has 0 unspecified atom stereocenters. The Labute approximate surface area is 122 Å². The Bertz CT molecular complexity index is 507. The molecule has 0 aliphatic carbocycles.